The molecule has 5 heteroatoms. The van der Waals surface area contributed by atoms with Gasteiger partial charge in [0.2, 0.25) is 0 Å². The van der Waals surface area contributed by atoms with Crippen LogP contribution in [-0.4, -0.2) is 20.1 Å². The second kappa shape index (κ2) is 4.65. The maximum atomic E-state index is 9.18. The highest BCUT2D eigenvalue weighted by Gasteiger charge is 2.22. The third-order valence-corrected chi connectivity index (χ3v) is 4.18. The van der Waals surface area contributed by atoms with Gasteiger partial charge in [-0.15, -0.1) is 0 Å². The van der Waals surface area contributed by atoms with Gasteiger partial charge >= 0.3 is 0 Å². The number of aliphatic hydroxyl groups is 1. The molecular weight excluding hydrogens is 264 g/mol. The minimum Gasteiger partial charge on any atom is -0.390 e. The highest BCUT2D eigenvalue weighted by atomic mass is 16.3. The van der Waals surface area contributed by atoms with Gasteiger partial charge < -0.3 is 15.8 Å². The van der Waals surface area contributed by atoms with Gasteiger partial charge in [-0.1, -0.05) is 6.07 Å². The SMILES string of the molecule is N[C@@H]1CCc2c1ccc1[nH]c(-c3cncc(CO)n3)cc21. The van der Waals surface area contributed by atoms with Gasteiger partial charge in [0.1, 0.15) is 5.69 Å². The smallest absolute Gasteiger partial charge is 0.105 e. The summed E-state index contributed by atoms with van der Waals surface area (Å²) in [4.78, 5) is 11.9. The van der Waals surface area contributed by atoms with Crippen molar-refractivity contribution >= 4 is 10.9 Å². The predicted molar refractivity (Wildman–Crippen MR) is 80.5 cm³/mol. The molecule has 5 nitrogen and oxygen atoms in total. The number of nitrogens with one attached hydrogen (secondary N) is 1. The Balaban J connectivity index is 1.88. The second-order valence-corrected chi connectivity index (χ2v) is 5.48. The maximum absolute atomic E-state index is 9.18. The molecule has 2 aromatic heterocycles. The Bertz CT molecular complexity index is 824. The standard InChI is InChI=1S/C16H16N4O/c17-13-3-1-10-11(13)2-4-14-12(10)5-15(20-14)16-7-18-6-9(8-21)19-16/h2,4-7,13,20-21H,1,3,8,17H2/t13-/m1/s1. The summed E-state index contributed by atoms with van der Waals surface area (Å²) in [5.74, 6) is 0. The van der Waals surface area contributed by atoms with Crippen LogP contribution in [0.4, 0.5) is 0 Å². The van der Waals surface area contributed by atoms with E-state index in [0.29, 0.717) is 5.69 Å². The number of aromatic nitrogens is 3. The Morgan fingerprint density at radius 1 is 1.33 bits per heavy atom. The molecule has 1 aliphatic carbocycles. The number of hydrogen-bond acceptors (Lipinski definition) is 4. The molecule has 0 saturated heterocycles. The zero-order valence-electron chi connectivity index (χ0n) is 11.5. The monoisotopic (exact) mass is 280 g/mol. The largest absolute Gasteiger partial charge is 0.390 e. The number of aliphatic hydroxyl groups excluding tert-OH is 1. The molecule has 0 unspecified atom stereocenters. The van der Waals surface area contributed by atoms with E-state index in [1.54, 1.807) is 12.4 Å². The first-order chi connectivity index (χ1) is 10.3. The molecule has 0 aliphatic heterocycles. The molecule has 1 aliphatic rings. The number of benzene rings is 1. The molecule has 21 heavy (non-hydrogen) atoms. The van der Waals surface area contributed by atoms with Gasteiger partial charge in [0, 0.05) is 16.9 Å². The lowest BCUT2D eigenvalue weighted by atomic mass is 10.0. The molecule has 4 rings (SSSR count). The van der Waals surface area contributed by atoms with Gasteiger partial charge in [0.15, 0.2) is 0 Å². The Labute approximate surface area is 121 Å². The summed E-state index contributed by atoms with van der Waals surface area (Å²) in [5.41, 5.74) is 12.0. The number of aromatic amines is 1. The lowest BCUT2D eigenvalue weighted by Gasteiger charge is -2.04. The first-order valence-electron chi connectivity index (χ1n) is 7.08. The van der Waals surface area contributed by atoms with E-state index in [2.05, 4.69) is 33.2 Å². The van der Waals surface area contributed by atoms with Crippen LogP contribution in [0.3, 0.4) is 0 Å². The number of nitrogens with zero attached hydrogens (tertiary/aromatic N) is 2. The zero-order valence-corrected chi connectivity index (χ0v) is 11.5. The molecule has 0 bridgehead atoms. The first-order valence-corrected chi connectivity index (χ1v) is 7.08. The van der Waals surface area contributed by atoms with Gasteiger partial charge in [-0.3, -0.25) is 4.98 Å². The minimum atomic E-state index is -0.106. The van der Waals surface area contributed by atoms with E-state index in [1.165, 1.54) is 16.5 Å². The average molecular weight is 280 g/mol. The van der Waals surface area contributed by atoms with Gasteiger partial charge in [-0.05, 0) is 36.1 Å². The van der Waals surface area contributed by atoms with Crippen molar-refractivity contribution in [3.8, 4) is 11.4 Å². The lowest BCUT2D eigenvalue weighted by molar-refractivity contribution is 0.276. The number of fused-ring (bicyclic) bond motifs is 3. The summed E-state index contributed by atoms with van der Waals surface area (Å²) < 4.78 is 0. The van der Waals surface area contributed by atoms with Gasteiger partial charge in [0.25, 0.3) is 0 Å². The topological polar surface area (TPSA) is 87.8 Å². The van der Waals surface area contributed by atoms with Crippen LogP contribution in [0.1, 0.15) is 29.3 Å². The zero-order chi connectivity index (χ0) is 14.4. The highest BCUT2D eigenvalue weighted by Crippen LogP contribution is 2.36. The molecule has 3 aromatic rings. The average Bonchev–Trinajstić information content (AvgIpc) is 3.11. The fourth-order valence-corrected chi connectivity index (χ4v) is 3.11. The fraction of sp³-hybridized carbons (Fsp3) is 0.250. The van der Waals surface area contributed by atoms with Crippen molar-refractivity contribution in [1.29, 1.82) is 0 Å². The summed E-state index contributed by atoms with van der Waals surface area (Å²) >= 11 is 0. The predicted octanol–water partition coefficient (Wildman–Crippen LogP) is 2.06. The van der Waals surface area contributed by atoms with Crippen LogP contribution in [0, 0.1) is 0 Å². The van der Waals surface area contributed by atoms with Crippen LogP contribution in [-0.2, 0) is 13.0 Å². The van der Waals surface area contributed by atoms with Crippen molar-refractivity contribution in [1.82, 2.24) is 15.0 Å². The summed E-state index contributed by atoms with van der Waals surface area (Å²) in [5, 5.41) is 10.4. The second-order valence-electron chi connectivity index (χ2n) is 5.48. The molecular formula is C16H16N4O. The summed E-state index contributed by atoms with van der Waals surface area (Å²) in [6.07, 6.45) is 5.31. The number of H-pyrrole nitrogens is 1. The van der Waals surface area contributed by atoms with Gasteiger partial charge in [-0.2, -0.15) is 0 Å². The normalized spacial score (nSPS) is 17.3. The van der Waals surface area contributed by atoms with E-state index in [0.717, 1.165) is 29.7 Å². The van der Waals surface area contributed by atoms with Crippen molar-refractivity contribution in [3.05, 3.63) is 47.4 Å². The molecule has 0 saturated carbocycles. The number of nitrogens with two attached hydrogens (primary N) is 1. The van der Waals surface area contributed by atoms with E-state index in [4.69, 9.17) is 5.73 Å². The molecule has 0 amide bonds. The van der Waals surface area contributed by atoms with Crippen molar-refractivity contribution < 1.29 is 5.11 Å². The Kier molecular flexibility index (Phi) is 2.77. The molecule has 1 aromatic carbocycles. The fourth-order valence-electron chi connectivity index (χ4n) is 3.11. The summed E-state index contributed by atoms with van der Waals surface area (Å²) in [7, 11) is 0. The molecule has 4 N–H and O–H groups in total. The molecule has 0 spiro atoms. The van der Waals surface area contributed by atoms with Crippen LogP contribution < -0.4 is 5.73 Å². The quantitative estimate of drug-likeness (QED) is 0.670. The third kappa shape index (κ3) is 1.93. The van der Waals surface area contributed by atoms with Crippen LogP contribution in [0.25, 0.3) is 22.3 Å². The lowest BCUT2D eigenvalue weighted by Crippen LogP contribution is -2.04. The van der Waals surface area contributed by atoms with Crippen LogP contribution in [0.15, 0.2) is 30.6 Å². The van der Waals surface area contributed by atoms with Crippen LogP contribution in [0.5, 0.6) is 0 Å². The van der Waals surface area contributed by atoms with Gasteiger partial charge in [0.05, 0.1) is 30.4 Å². The van der Waals surface area contributed by atoms with E-state index in [9.17, 15) is 5.11 Å². The first kappa shape index (κ1) is 12.5. The minimum absolute atomic E-state index is 0.106. The van der Waals surface area contributed by atoms with Gasteiger partial charge in [-0.25, -0.2) is 4.98 Å². The van der Waals surface area contributed by atoms with Crippen LogP contribution in [0.2, 0.25) is 0 Å². The van der Waals surface area contributed by atoms with Crippen molar-refractivity contribution in [2.24, 2.45) is 5.73 Å². The van der Waals surface area contributed by atoms with E-state index in [-0.39, 0.29) is 12.6 Å². The molecule has 1 atom stereocenters. The maximum Gasteiger partial charge on any atom is 0.105 e. The summed E-state index contributed by atoms with van der Waals surface area (Å²) in [6, 6.07) is 6.45. The van der Waals surface area contributed by atoms with Crippen LogP contribution >= 0.6 is 0 Å². The van der Waals surface area contributed by atoms with E-state index in [1.807, 2.05) is 0 Å². The number of rotatable bonds is 2. The molecule has 2 heterocycles. The summed E-state index contributed by atoms with van der Waals surface area (Å²) in [6.45, 7) is -0.106. The van der Waals surface area contributed by atoms with Crippen molar-refractivity contribution in [3.63, 3.8) is 0 Å². The van der Waals surface area contributed by atoms with Crippen molar-refractivity contribution in [2.45, 2.75) is 25.5 Å². The van der Waals surface area contributed by atoms with E-state index >= 15 is 0 Å². The van der Waals surface area contributed by atoms with E-state index < -0.39 is 0 Å². The Morgan fingerprint density at radius 3 is 3.10 bits per heavy atom. The Hall–Kier alpha value is -2.24. The molecule has 0 radical (unpaired) electrons. The number of aryl methyl sites for hydroxylation is 1. The molecule has 0 fully saturated rings. The highest BCUT2D eigenvalue weighted by molar-refractivity contribution is 5.89. The molecule has 106 valence electrons. The number of hydrogen-bond donors (Lipinski definition) is 3. The third-order valence-electron chi connectivity index (χ3n) is 4.18. The Morgan fingerprint density at radius 2 is 2.24 bits per heavy atom. The van der Waals surface area contributed by atoms with Crippen molar-refractivity contribution in [2.75, 3.05) is 0 Å².